The van der Waals surface area contributed by atoms with Crippen molar-refractivity contribution < 1.29 is 22.5 Å². The molecule has 1 aliphatic heterocycles. The summed E-state index contributed by atoms with van der Waals surface area (Å²) in [5.74, 6) is -0.360. The number of nitrogens with two attached hydrogens (primary N) is 1. The number of hydrogen-bond acceptors (Lipinski definition) is 6. The monoisotopic (exact) mass is 342 g/mol. The first-order chi connectivity index (χ1) is 10.7. The van der Waals surface area contributed by atoms with Gasteiger partial charge in [0.25, 0.3) is 10.1 Å². The molecule has 0 aliphatic carbocycles. The molecular formula is C13H18N4O5S. The predicted molar refractivity (Wildman–Crippen MR) is 82.1 cm³/mol. The Hall–Kier alpha value is -2.13. The summed E-state index contributed by atoms with van der Waals surface area (Å²) in [4.78, 5) is 13.3. The fraction of sp³-hybridized carbons (Fsp3) is 0.462. The Morgan fingerprint density at radius 1 is 1.43 bits per heavy atom. The van der Waals surface area contributed by atoms with Crippen LogP contribution in [0.1, 0.15) is 18.4 Å². The second kappa shape index (κ2) is 8.49. The van der Waals surface area contributed by atoms with Crippen molar-refractivity contribution >= 4 is 16.1 Å². The predicted octanol–water partition coefficient (Wildman–Crippen LogP) is 1.57. The number of azide groups is 1. The van der Waals surface area contributed by atoms with E-state index in [4.69, 9.17) is 20.6 Å². The lowest BCUT2D eigenvalue weighted by Gasteiger charge is -2.04. The molecule has 1 aliphatic rings. The van der Waals surface area contributed by atoms with Crippen LogP contribution in [0.4, 0.5) is 0 Å². The zero-order chi connectivity index (χ0) is 17.5. The maximum atomic E-state index is 10.8. The molecule has 1 saturated heterocycles. The maximum absolute atomic E-state index is 10.8. The molecule has 0 aromatic heterocycles. The second-order valence-corrected chi connectivity index (χ2v) is 6.35. The summed E-state index contributed by atoms with van der Waals surface area (Å²) in [5.41, 5.74) is 14.3. The van der Waals surface area contributed by atoms with Gasteiger partial charge in [0.1, 0.15) is 12.1 Å². The molecule has 0 spiro atoms. The summed E-state index contributed by atoms with van der Waals surface area (Å²) in [6.07, 6.45) is 0.918. The number of cyclic esters (lactones) is 1. The van der Waals surface area contributed by atoms with Crippen molar-refractivity contribution in [3.05, 3.63) is 40.3 Å². The molecule has 126 valence electrons. The van der Waals surface area contributed by atoms with Crippen molar-refractivity contribution in [1.29, 1.82) is 0 Å². The van der Waals surface area contributed by atoms with Gasteiger partial charge in [-0.3, -0.25) is 9.35 Å². The number of carbonyl (C=O) groups is 1. The molecule has 23 heavy (non-hydrogen) atoms. The van der Waals surface area contributed by atoms with Crippen LogP contribution in [0.25, 0.3) is 10.4 Å². The summed E-state index contributed by atoms with van der Waals surface area (Å²) in [5, 5.41) is 3.33. The number of carbonyl (C=O) groups excluding carboxylic acids is 1. The van der Waals surface area contributed by atoms with Crippen molar-refractivity contribution in [3.8, 4) is 0 Å². The van der Waals surface area contributed by atoms with Gasteiger partial charge < -0.3 is 10.5 Å². The average Bonchev–Trinajstić information content (AvgIpc) is 2.78. The molecular weight excluding hydrogens is 324 g/mol. The third kappa shape index (κ3) is 6.66. The van der Waals surface area contributed by atoms with Gasteiger partial charge in [0.15, 0.2) is 0 Å². The number of benzene rings is 1. The van der Waals surface area contributed by atoms with E-state index in [-0.39, 0.29) is 17.0 Å². The normalized spacial score (nSPS) is 20.0. The van der Waals surface area contributed by atoms with Crippen LogP contribution in [-0.4, -0.2) is 37.6 Å². The molecule has 9 nitrogen and oxygen atoms in total. The molecule has 2 atom stereocenters. The van der Waals surface area contributed by atoms with E-state index < -0.39 is 16.2 Å². The van der Waals surface area contributed by atoms with Crippen molar-refractivity contribution in [2.24, 2.45) is 10.8 Å². The van der Waals surface area contributed by atoms with Crippen molar-refractivity contribution in [2.45, 2.75) is 36.8 Å². The molecule has 0 unspecified atom stereocenters. The van der Waals surface area contributed by atoms with Gasteiger partial charge in [-0.25, -0.2) is 0 Å². The molecule has 1 fully saturated rings. The molecule has 10 heteroatoms. The summed E-state index contributed by atoms with van der Waals surface area (Å²) >= 11 is 0. The highest BCUT2D eigenvalue weighted by Gasteiger charge is 2.30. The first-order valence-corrected chi connectivity index (χ1v) is 8.19. The van der Waals surface area contributed by atoms with Gasteiger partial charge in [-0.05, 0) is 31.0 Å². The first-order valence-electron chi connectivity index (χ1n) is 6.75. The van der Waals surface area contributed by atoms with Crippen molar-refractivity contribution in [3.63, 3.8) is 0 Å². The lowest BCUT2D eigenvalue weighted by Crippen LogP contribution is -2.24. The Morgan fingerprint density at radius 3 is 2.48 bits per heavy atom. The average molecular weight is 342 g/mol. The highest BCUT2D eigenvalue weighted by molar-refractivity contribution is 7.85. The topological polar surface area (TPSA) is 155 Å². The van der Waals surface area contributed by atoms with Gasteiger partial charge in [0, 0.05) is 17.9 Å². The smallest absolute Gasteiger partial charge is 0.323 e. The first kappa shape index (κ1) is 18.9. The van der Waals surface area contributed by atoms with Crippen LogP contribution in [0.5, 0.6) is 0 Å². The SMILES string of the molecule is Cc1ccc(S(=O)(=O)O)cc1.[N-]=[N+]=NCC[C@@H]1C[C@H](N)C(=O)O1. The summed E-state index contributed by atoms with van der Waals surface area (Å²) < 4.78 is 34.4. The number of aryl methyl sites for hydroxylation is 1. The Balaban J connectivity index is 0.000000231. The molecule has 2 rings (SSSR count). The van der Waals surface area contributed by atoms with Gasteiger partial charge in [-0.2, -0.15) is 8.42 Å². The highest BCUT2D eigenvalue weighted by atomic mass is 32.2. The van der Waals surface area contributed by atoms with E-state index in [0.717, 1.165) is 5.56 Å². The molecule has 3 N–H and O–H groups in total. The molecule has 0 amide bonds. The molecule has 0 saturated carbocycles. The van der Waals surface area contributed by atoms with Gasteiger partial charge in [0.05, 0.1) is 4.90 Å². The Morgan fingerprint density at radius 2 is 2.04 bits per heavy atom. The number of nitrogens with zero attached hydrogens (tertiary/aromatic N) is 3. The van der Waals surface area contributed by atoms with E-state index in [1.165, 1.54) is 12.1 Å². The summed E-state index contributed by atoms with van der Waals surface area (Å²) in [6.45, 7) is 2.19. The number of ether oxygens (including phenoxy) is 1. The second-order valence-electron chi connectivity index (χ2n) is 4.93. The van der Waals surface area contributed by atoms with E-state index in [0.29, 0.717) is 19.4 Å². The third-order valence-electron chi connectivity index (χ3n) is 3.04. The fourth-order valence-electron chi connectivity index (χ4n) is 1.81. The highest BCUT2D eigenvalue weighted by Crippen LogP contribution is 2.15. The van der Waals surface area contributed by atoms with Crippen LogP contribution in [0.15, 0.2) is 34.3 Å². The van der Waals surface area contributed by atoms with Crippen LogP contribution >= 0.6 is 0 Å². The third-order valence-corrected chi connectivity index (χ3v) is 3.90. The lowest BCUT2D eigenvalue weighted by molar-refractivity contribution is -0.142. The van der Waals surface area contributed by atoms with Gasteiger partial charge >= 0.3 is 5.97 Å². The van der Waals surface area contributed by atoms with Crippen molar-refractivity contribution in [1.82, 2.24) is 0 Å². The maximum Gasteiger partial charge on any atom is 0.323 e. The zero-order valence-electron chi connectivity index (χ0n) is 12.5. The fourth-order valence-corrected chi connectivity index (χ4v) is 2.29. The van der Waals surface area contributed by atoms with Crippen LogP contribution < -0.4 is 5.73 Å². The van der Waals surface area contributed by atoms with Crippen LogP contribution in [0.2, 0.25) is 0 Å². The molecule has 1 aromatic carbocycles. The molecule has 1 heterocycles. The minimum atomic E-state index is -4.02. The van der Waals surface area contributed by atoms with Gasteiger partial charge in [-0.1, -0.05) is 22.8 Å². The molecule has 0 bridgehead atoms. The Bertz CT molecular complexity index is 683. The van der Waals surface area contributed by atoms with Gasteiger partial charge in [0.2, 0.25) is 0 Å². The summed E-state index contributed by atoms with van der Waals surface area (Å²) in [7, 11) is -4.02. The number of rotatable bonds is 4. The van der Waals surface area contributed by atoms with E-state index in [9.17, 15) is 13.2 Å². The lowest BCUT2D eigenvalue weighted by atomic mass is 10.1. The molecule has 0 radical (unpaired) electrons. The zero-order valence-corrected chi connectivity index (χ0v) is 13.3. The number of esters is 1. The van der Waals surface area contributed by atoms with E-state index in [1.807, 2.05) is 6.92 Å². The van der Waals surface area contributed by atoms with Gasteiger partial charge in [-0.15, -0.1) is 0 Å². The minimum Gasteiger partial charge on any atom is -0.461 e. The summed E-state index contributed by atoms with van der Waals surface area (Å²) in [6, 6.07) is 5.49. The van der Waals surface area contributed by atoms with Crippen LogP contribution in [0, 0.1) is 6.92 Å². The standard InChI is InChI=1S/C7H8O3S.C6H10N4O2/c1-6-2-4-7(5-3-6)11(8,9)10;7-5-3-4(12-6(5)11)1-2-9-10-8/h2-5H,1H3,(H,8,9,10);4-5H,1-3,7H2/t;4-,5+/m.1/s1. The van der Waals surface area contributed by atoms with E-state index >= 15 is 0 Å². The Kier molecular flexibility index (Phi) is 6.98. The number of hydrogen-bond donors (Lipinski definition) is 2. The van der Waals surface area contributed by atoms with Crippen molar-refractivity contribution in [2.75, 3.05) is 6.54 Å². The van der Waals surface area contributed by atoms with E-state index in [2.05, 4.69) is 10.0 Å². The van der Waals surface area contributed by atoms with Crippen LogP contribution in [0.3, 0.4) is 0 Å². The van der Waals surface area contributed by atoms with Crippen LogP contribution in [-0.2, 0) is 19.6 Å². The largest absolute Gasteiger partial charge is 0.461 e. The van der Waals surface area contributed by atoms with E-state index in [1.54, 1.807) is 12.1 Å². The molecule has 1 aromatic rings. The minimum absolute atomic E-state index is 0.0666. The quantitative estimate of drug-likeness (QED) is 0.278. The Labute approximate surface area is 133 Å².